The van der Waals surface area contributed by atoms with Crippen molar-refractivity contribution in [2.24, 2.45) is 0 Å². The molecule has 0 aromatic carbocycles. The van der Waals surface area contributed by atoms with Crippen LogP contribution in [0.1, 0.15) is 0 Å². The fourth-order valence-corrected chi connectivity index (χ4v) is 0. The van der Waals surface area contributed by atoms with Gasteiger partial charge in [-0.15, -0.1) is 24.1 Å². The van der Waals surface area contributed by atoms with Gasteiger partial charge in [-0.3, -0.25) is 0 Å². The molecule has 0 fully saturated rings. The van der Waals surface area contributed by atoms with E-state index in [0.29, 0.717) is 7.92 Å². The normalized spacial score (nSPS) is 10.4. The van der Waals surface area contributed by atoms with Gasteiger partial charge in [0, 0.05) is 0 Å². The van der Waals surface area contributed by atoms with Crippen molar-refractivity contribution in [3.63, 3.8) is 0 Å². The Bertz CT molecular complexity index is 88.0. The Hall–Kier alpha value is 1.36. The Kier molecular flexibility index (Phi) is 19.9. The third kappa shape index (κ3) is 1490. The average Bonchev–Trinajstić information content (AvgIpc) is 1.45. The predicted molar refractivity (Wildman–Crippen MR) is 82.1 cm³/mol. The quantitative estimate of drug-likeness (QED) is 0.344. The Morgan fingerprint density at radius 3 is 0.667 bits per heavy atom. The molecule has 0 atom stereocenters. The molecule has 4 heteroatoms. The first-order valence-corrected chi connectivity index (χ1v) is 15.1. The fourth-order valence-electron chi connectivity index (χ4n) is 0. The maximum absolute atomic E-state index is 3.91. The topological polar surface area (TPSA) is 0 Å². The van der Waals surface area contributed by atoms with E-state index < -0.39 is 16.1 Å². The molecule has 15 heavy (non-hydrogen) atoms. The Balaban J connectivity index is -0.0000000590. The van der Waals surface area contributed by atoms with E-state index in [2.05, 4.69) is 72.4 Å². The number of hydrogen-bond donors (Lipinski definition) is 0. The first-order chi connectivity index (χ1) is 5.73. The number of hydrogen-bond acceptors (Lipinski definition) is 0. The molecule has 0 bridgehead atoms. The van der Waals surface area contributed by atoms with Crippen molar-refractivity contribution >= 4 is 24.1 Å². The maximum Gasteiger partial charge on any atom is 2.00 e. The van der Waals surface area contributed by atoms with Crippen LogP contribution < -0.4 is 0 Å². The molecular weight excluding hydrogens is 278 g/mol. The predicted octanol–water partition coefficient (Wildman–Crippen LogP) is 4.75. The van der Waals surface area contributed by atoms with Gasteiger partial charge in [0.2, 0.25) is 0 Å². The van der Waals surface area contributed by atoms with Crippen LogP contribution in [0.25, 0.3) is 0 Å². The molecule has 0 aliphatic heterocycles. The minimum Gasteiger partial charge on any atom is -0.342 e. The zero-order valence-electron chi connectivity index (χ0n) is 12.2. The minimum absolute atomic E-state index is 0. The largest absolute Gasteiger partial charge is 2.00 e. The molecule has 0 aromatic rings. The van der Waals surface area contributed by atoms with E-state index in [9.17, 15) is 0 Å². The molecule has 0 aliphatic rings. The van der Waals surface area contributed by atoms with Crippen molar-refractivity contribution in [1.82, 2.24) is 0 Å². The summed E-state index contributed by atoms with van der Waals surface area (Å²) in [6.07, 6.45) is 0. The van der Waals surface area contributed by atoms with E-state index >= 15 is 0 Å². The summed E-state index contributed by atoms with van der Waals surface area (Å²) in [5, 5.41) is 0. The molecule has 0 N–H and O–H groups in total. The Morgan fingerprint density at radius 1 is 0.667 bits per heavy atom. The zero-order valence-corrected chi connectivity index (χ0v) is 16.1. The van der Waals surface area contributed by atoms with Gasteiger partial charge in [0.25, 0.3) is 0 Å². The molecule has 0 aliphatic carbocycles. The average molecular weight is 309 g/mol. The van der Waals surface area contributed by atoms with E-state index in [1.54, 1.807) is 0 Å². The number of rotatable bonds is 0. The summed E-state index contributed by atoms with van der Waals surface area (Å²) in [6.45, 7) is 27.8. The van der Waals surface area contributed by atoms with Gasteiger partial charge < -0.3 is 13.1 Å². The molecule has 0 heterocycles. The van der Waals surface area contributed by atoms with Crippen LogP contribution in [0.4, 0.5) is 0 Å². The molecule has 0 amide bonds. The third-order valence-corrected chi connectivity index (χ3v) is 0. The molecule has 0 rings (SSSR count). The maximum atomic E-state index is 3.91. The molecular formula is C11H31NiPSi2. The van der Waals surface area contributed by atoms with Crippen molar-refractivity contribution < 1.29 is 16.5 Å². The van der Waals surface area contributed by atoms with Crippen LogP contribution >= 0.6 is 7.92 Å². The van der Waals surface area contributed by atoms with Crippen LogP contribution in [-0.2, 0) is 16.5 Å². The van der Waals surface area contributed by atoms with E-state index in [1.165, 1.54) is 0 Å². The monoisotopic (exact) mass is 308 g/mol. The van der Waals surface area contributed by atoms with E-state index in [-0.39, 0.29) is 16.5 Å². The first-order valence-electron chi connectivity index (χ1n) is 5.05. The second-order valence-corrected chi connectivity index (χ2v) is 19.4. The SMILES string of the molecule is CP(C)C.[CH2-][Si](C)(C)C.[CH2-][Si](C)(C)C.[Ni+2]. The van der Waals surface area contributed by atoms with E-state index in [0.717, 1.165) is 0 Å². The van der Waals surface area contributed by atoms with Gasteiger partial charge in [0.15, 0.2) is 0 Å². The van der Waals surface area contributed by atoms with Crippen molar-refractivity contribution in [2.75, 3.05) is 20.0 Å². The van der Waals surface area contributed by atoms with Crippen LogP contribution in [0.3, 0.4) is 0 Å². The second-order valence-electron chi connectivity index (χ2n) is 6.46. The summed E-state index contributed by atoms with van der Waals surface area (Å²) < 4.78 is 0. The van der Waals surface area contributed by atoms with Crippen molar-refractivity contribution in [3.05, 3.63) is 13.1 Å². The van der Waals surface area contributed by atoms with Crippen LogP contribution in [-0.4, -0.2) is 36.1 Å². The molecule has 0 unspecified atom stereocenters. The Labute approximate surface area is 113 Å². The molecule has 0 aromatic heterocycles. The molecule has 0 saturated carbocycles. The van der Waals surface area contributed by atoms with Gasteiger partial charge in [-0.2, -0.15) is 0 Å². The summed E-state index contributed by atoms with van der Waals surface area (Å²) in [4.78, 5) is 0. The summed E-state index contributed by atoms with van der Waals surface area (Å²) in [5.41, 5.74) is 0. The minimum atomic E-state index is -0.861. The second kappa shape index (κ2) is 11.8. The van der Waals surface area contributed by atoms with Crippen molar-refractivity contribution in [1.29, 1.82) is 0 Å². The third-order valence-electron chi connectivity index (χ3n) is 0. The molecule has 0 saturated heterocycles. The van der Waals surface area contributed by atoms with Gasteiger partial charge >= 0.3 is 16.5 Å². The van der Waals surface area contributed by atoms with Crippen molar-refractivity contribution in [2.45, 2.75) is 39.3 Å². The van der Waals surface area contributed by atoms with Gasteiger partial charge in [-0.25, -0.2) is 0 Å². The van der Waals surface area contributed by atoms with Crippen LogP contribution in [0.5, 0.6) is 0 Å². The summed E-state index contributed by atoms with van der Waals surface area (Å²) in [7, 11) is -1.34. The smallest absolute Gasteiger partial charge is 0.342 e. The zero-order chi connectivity index (χ0) is 12.6. The van der Waals surface area contributed by atoms with Crippen LogP contribution in [0.2, 0.25) is 39.3 Å². The Morgan fingerprint density at radius 2 is 0.667 bits per heavy atom. The van der Waals surface area contributed by atoms with Gasteiger partial charge in [0.1, 0.15) is 0 Å². The molecule has 0 radical (unpaired) electrons. The first kappa shape index (κ1) is 25.3. The van der Waals surface area contributed by atoms with Crippen LogP contribution in [0.15, 0.2) is 0 Å². The standard InChI is InChI=1S/2C4H11Si.C3H9P.Ni/c2*1-5(2,3)4;1-4(2)3;/h2*1H2,2-4H3;1-3H3;/q2*-1;;+2. The van der Waals surface area contributed by atoms with Gasteiger partial charge in [0.05, 0.1) is 0 Å². The summed E-state index contributed by atoms with van der Waals surface area (Å²) in [5.74, 6) is 0. The summed E-state index contributed by atoms with van der Waals surface area (Å²) in [6, 6.07) is 0. The fraction of sp³-hybridized carbons (Fsp3) is 0.818. The van der Waals surface area contributed by atoms with Gasteiger partial charge in [-0.1, -0.05) is 39.3 Å². The molecule has 98 valence electrons. The molecule has 0 nitrogen and oxygen atoms in total. The van der Waals surface area contributed by atoms with Crippen LogP contribution in [0, 0.1) is 13.1 Å². The summed E-state index contributed by atoms with van der Waals surface area (Å²) >= 11 is 0. The van der Waals surface area contributed by atoms with E-state index in [4.69, 9.17) is 0 Å². The van der Waals surface area contributed by atoms with Crippen molar-refractivity contribution in [3.8, 4) is 0 Å². The van der Waals surface area contributed by atoms with E-state index in [1.807, 2.05) is 0 Å². The van der Waals surface area contributed by atoms with Gasteiger partial charge in [-0.05, 0) is 20.0 Å². The molecule has 0 spiro atoms.